The number of nitrogens with one attached hydrogen (secondary N) is 3. The number of amides is 2. The lowest BCUT2D eigenvalue weighted by Gasteiger charge is -2.13. The maximum absolute atomic E-state index is 12.4. The summed E-state index contributed by atoms with van der Waals surface area (Å²) in [5.41, 5.74) is 2.08. The molecule has 0 atom stereocenters. The molecule has 31 heavy (non-hydrogen) atoms. The Labute approximate surface area is 182 Å². The van der Waals surface area contributed by atoms with E-state index >= 15 is 0 Å². The zero-order valence-electron chi connectivity index (χ0n) is 18.1. The van der Waals surface area contributed by atoms with Crippen LogP contribution in [0.4, 0.5) is 27.7 Å². The van der Waals surface area contributed by atoms with E-state index in [9.17, 15) is 4.79 Å². The summed E-state index contributed by atoms with van der Waals surface area (Å²) in [6, 6.07) is 16.0. The number of para-hydroxylation sites is 2. The summed E-state index contributed by atoms with van der Waals surface area (Å²) >= 11 is 0. The van der Waals surface area contributed by atoms with Crippen LogP contribution in [-0.2, 0) is 0 Å². The summed E-state index contributed by atoms with van der Waals surface area (Å²) < 4.78 is 11.2. The van der Waals surface area contributed by atoms with E-state index in [-0.39, 0.29) is 12.1 Å². The van der Waals surface area contributed by atoms with Crippen LogP contribution in [0.5, 0.6) is 11.6 Å². The van der Waals surface area contributed by atoms with Gasteiger partial charge >= 0.3 is 6.03 Å². The van der Waals surface area contributed by atoms with Crippen LogP contribution < -0.4 is 25.4 Å². The zero-order valence-corrected chi connectivity index (χ0v) is 18.1. The van der Waals surface area contributed by atoms with Crippen molar-refractivity contribution < 1.29 is 14.3 Å². The maximum atomic E-state index is 12.4. The summed E-state index contributed by atoms with van der Waals surface area (Å²) in [6.45, 7) is 8.12. The van der Waals surface area contributed by atoms with Crippen LogP contribution in [0.2, 0.25) is 0 Å². The molecule has 0 aliphatic carbocycles. The van der Waals surface area contributed by atoms with Crippen molar-refractivity contribution in [2.24, 2.45) is 0 Å². The number of rotatable bonds is 8. The number of aromatic nitrogens is 2. The van der Waals surface area contributed by atoms with E-state index in [0.717, 1.165) is 5.69 Å². The Kier molecular flexibility index (Phi) is 7.26. The number of hydrogen-bond acceptors (Lipinski definition) is 6. The molecule has 3 aromatic rings. The Hall–Kier alpha value is -3.81. The number of anilines is 4. The van der Waals surface area contributed by atoms with Crippen LogP contribution in [0.3, 0.4) is 0 Å². The fraction of sp³-hybridized carbons (Fsp3) is 0.261. The van der Waals surface area contributed by atoms with Gasteiger partial charge in [0, 0.05) is 17.4 Å². The van der Waals surface area contributed by atoms with Crippen LogP contribution in [0.15, 0.2) is 54.6 Å². The average Bonchev–Trinajstić information content (AvgIpc) is 2.70. The Morgan fingerprint density at radius 3 is 2.42 bits per heavy atom. The van der Waals surface area contributed by atoms with Crippen molar-refractivity contribution in [2.45, 2.75) is 33.8 Å². The van der Waals surface area contributed by atoms with Crippen LogP contribution >= 0.6 is 0 Å². The normalized spacial score (nSPS) is 10.5. The first-order valence-corrected chi connectivity index (χ1v) is 10.1. The number of ether oxygens (including phenoxy) is 2. The van der Waals surface area contributed by atoms with E-state index in [2.05, 4.69) is 25.9 Å². The molecule has 2 amide bonds. The molecule has 0 spiro atoms. The second-order valence-electron chi connectivity index (χ2n) is 7.02. The molecule has 8 heteroatoms. The number of nitrogens with zero attached hydrogens (tertiary/aromatic N) is 2. The second kappa shape index (κ2) is 10.3. The van der Waals surface area contributed by atoms with E-state index in [1.807, 2.05) is 58.0 Å². The fourth-order valence-corrected chi connectivity index (χ4v) is 2.83. The molecule has 3 N–H and O–H groups in total. The van der Waals surface area contributed by atoms with E-state index in [4.69, 9.17) is 9.47 Å². The molecule has 1 heterocycles. The summed E-state index contributed by atoms with van der Waals surface area (Å²) in [7, 11) is 0. The van der Waals surface area contributed by atoms with Gasteiger partial charge in [0.1, 0.15) is 17.4 Å². The van der Waals surface area contributed by atoms with Crippen molar-refractivity contribution in [3.63, 3.8) is 0 Å². The van der Waals surface area contributed by atoms with E-state index in [1.165, 1.54) is 0 Å². The SMILES string of the molecule is CCOc1ccccc1NC(=O)Nc1ccc(Nc2cc(OC(C)C)nc(C)n2)cc1. The largest absolute Gasteiger partial charge is 0.492 e. The third-order valence-corrected chi connectivity index (χ3v) is 4.02. The summed E-state index contributed by atoms with van der Waals surface area (Å²) in [5.74, 6) is 2.39. The highest BCUT2D eigenvalue weighted by Crippen LogP contribution is 2.24. The minimum absolute atomic E-state index is 0.0270. The minimum Gasteiger partial charge on any atom is -0.492 e. The smallest absolute Gasteiger partial charge is 0.323 e. The van der Waals surface area contributed by atoms with Crippen molar-refractivity contribution in [3.05, 3.63) is 60.4 Å². The molecule has 0 unspecified atom stereocenters. The van der Waals surface area contributed by atoms with Gasteiger partial charge in [-0.15, -0.1) is 0 Å². The highest BCUT2D eigenvalue weighted by molar-refractivity contribution is 6.00. The van der Waals surface area contributed by atoms with Crippen molar-refractivity contribution in [1.29, 1.82) is 0 Å². The number of urea groups is 1. The molecule has 0 aliphatic heterocycles. The van der Waals surface area contributed by atoms with E-state index < -0.39 is 0 Å². The number of hydrogen-bond donors (Lipinski definition) is 3. The molecular weight excluding hydrogens is 394 g/mol. The third-order valence-electron chi connectivity index (χ3n) is 4.02. The zero-order chi connectivity index (χ0) is 22.2. The monoisotopic (exact) mass is 421 g/mol. The predicted molar refractivity (Wildman–Crippen MR) is 123 cm³/mol. The molecule has 0 aliphatic rings. The second-order valence-corrected chi connectivity index (χ2v) is 7.02. The maximum Gasteiger partial charge on any atom is 0.323 e. The number of aryl methyl sites for hydroxylation is 1. The molecule has 0 saturated heterocycles. The van der Waals surface area contributed by atoms with Gasteiger partial charge in [0.05, 0.1) is 18.4 Å². The average molecular weight is 422 g/mol. The Morgan fingerprint density at radius 1 is 1.00 bits per heavy atom. The molecule has 162 valence electrons. The molecule has 0 radical (unpaired) electrons. The number of carbonyl (C=O) groups is 1. The highest BCUT2D eigenvalue weighted by atomic mass is 16.5. The van der Waals surface area contributed by atoms with Crippen LogP contribution in [-0.4, -0.2) is 28.7 Å². The first-order valence-electron chi connectivity index (χ1n) is 10.1. The quantitative estimate of drug-likeness (QED) is 0.453. The predicted octanol–water partition coefficient (Wildman–Crippen LogP) is 5.36. The molecule has 8 nitrogen and oxygen atoms in total. The highest BCUT2D eigenvalue weighted by Gasteiger charge is 2.08. The number of benzene rings is 2. The van der Waals surface area contributed by atoms with Crippen LogP contribution in [0.25, 0.3) is 0 Å². The lowest BCUT2D eigenvalue weighted by molar-refractivity contribution is 0.232. The van der Waals surface area contributed by atoms with Gasteiger partial charge in [0.25, 0.3) is 0 Å². The Bertz CT molecular complexity index is 1020. The summed E-state index contributed by atoms with van der Waals surface area (Å²) in [5, 5.41) is 8.84. The summed E-state index contributed by atoms with van der Waals surface area (Å²) in [6.07, 6.45) is 0.0270. The first kappa shape index (κ1) is 21.9. The Balaban J connectivity index is 1.62. The number of carbonyl (C=O) groups excluding carboxylic acids is 1. The minimum atomic E-state index is -0.352. The van der Waals surface area contributed by atoms with Crippen LogP contribution in [0.1, 0.15) is 26.6 Å². The molecule has 1 aromatic heterocycles. The van der Waals surface area contributed by atoms with Gasteiger partial charge in [-0.05, 0) is 64.1 Å². The van der Waals surface area contributed by atoms with Gasteiger partial charge in [-0.25, -0.2) is 9.78 Å². The lowest BCUT2D eigenvalue weighted by Crippen LogP contribution is -2.19. The van der Waals surface area contributed by atoms with Gasteiger partial charge in [-0.2, -0.15) is 4.98 Å². The Morgan fingerprint density at radius 2 is 1.71 bits per heavy atom. The van der Waals surface area contributed by atoms with Gasteiger partial charge in [-0.1, -0.05) is 12.1 Å². The van der Waals surface area contributed by atoms with E-state index in [1.54, 1.807) is 24.3 Å². The third kappa shape index (κ3) is 6.60. The first-order chi connectivity index (χ1) is 14.9. The van der Waals surface area contributed by atoms with Gasteiger partial charge < -0.3 is 25.4 Å². The van der Waals surface area contributed by atoms with Crippen LogP contribution in [0, 0.1) is 6.92 Å². The van der Waals surface area contributed by atoms with E-state index in [0.29, 0.717) is 41.3 Å². The molecular formula is C23H27N5O3. The molecule has 0 bridgehead atoms. The van der Waals surface area contributed by atoms with Gasteiger partial charge in [0.15, 0.2) is 0 Å². The fourth-order valence-electron chi connectivity index (χ4n) is 2.83. The van der Waals surface area contributed by atoms with Crippen molar-refractivity contribution in [2.75, 3.05) is 22.6 Å². The molecule has 0 fully saturated rings. The summed E-state index contributed by atoms with van der Waals surface area (Å²) in [4.78, 5) is 21.0. The van der Waals surface area contributed by atoms with Gasteiger partial charge in [-0.3, -0.25) is 0 Å². The molecule has 2 aromatic carbocycles. The standard InChI is InChI=1S/C23H27N5O3/c1-5-30-20-9-7-6-8-19(20)28-23(29)27-18-12-10-17(11-13-18)26-21-14-22(31-15(2)3)25-16(4)24-21/h6-15H,5H2,1-4H3,(H,24,25,26)(H2,27,28,29). The lowest BCUT2D eigenvalue weighted by atomic mass is 10.2. The van der Waals surface area contributed by atoms with Crippen molar-refractivity contribution >= 4 is 28.9 Å². The van der Waals surface area contributed by atoms with Gasteiger partial charge in [0.2, 0.25) is 5.88 Å². The topological polar surface area (TPSA) is 97.4 Å². The van der Waals surface area contributed by atoms with Crippen molar-refractivity contribution in [3.8, 4) is 11.6 Å². The molecule has 3 rings (SSSR count). The van der Waals surface area contributed by atoms with Crippen molar-refractivity contribution in [1.82, 2.24) is 9.97 Å². The molecule has 0 saturated carbocycles.